The molecule has 4 nitrogen and oxygen atoms in total. The molecule has 0 spiro atoms. The Morgan fingerprint density at radius 3 is 2.40 bits per heavy atom. The number of hydrogen-bond acceptors (Lipinski definition) is 5. The highest BCUT2D eigenvalue weighted by Crippen LogP contribution is 2.29. The molecule has 0 fully saturated rings. The summed E-state index contributed by atoms with van der Waals surface area (Å²) in [4.78, 5) is 8.73. The van der Waals surface area contributed by atoms with Gasteiger partial charge in [0.05, 0.1) is 10.6 Å². The van der Waals surface area contributed by atoms with Gasteiger partial charge in [0.25, 0.3) is 0 Å². The molecule has 7 heteroatoms. The second-order valence-corrected chi connectivity index (χ2v) is 7.22. The largest absolute Gasteiger partial charge is 0.238 e. The quantitative estimate of drug-likeness (QED) is 0.812. The third-order valence-electron chi connectivity index (χ3n) is 2.63. The molecule has 1 heterocycles. The average molecular weight is 312 g/mol. The first-order chi connectivity index (χ1) is 9.41. The van der Waals surface area contributed by atoms with Crippen molar-refractivity contribution in [3.05, 3.63) is 42.1 Å². The van der Waals surface area contributed by atoms with E-state index in [1.165, 1.54) is 18.5 Å². The Kier molecular flexibility index (Phi) is 4.39. The maximum Gasteiger partial charge on any atom is 0.177 e. The lowest BCUT2D eigenvalue weighted by Gasteiger charge is -2.05. The topological polar surface area (TPSA) is 59.9 Å². The zero-order chi connectivity index (χ0) is 14.8. The van der Waals surface area contributed by atoms with Crippen LogP contribution in [0.15, 0.2) is 45.4 Å². The fraction of sp³-hybridized carbons (Fsp3) is 0.231. The zero-order valence-electron chi connectivity index (χ0n) is 11.0. The fourth-order valence-electron chi connectivity index (χ4n) is 1.57. The van der Waals surface area contributed by atoms with Crippen LogP contribution >= 0.6 is 11.8 Å². The Labute approximate surface area is 121 Å². The van der Waals surface area contributed by atoms with E-state index in [2.05, 4.69) is 9.97 Å². The highest BCUT2D eigenvalue weighted by Gasteiger charge is 2.12. The summed E-state index contributed by atoms with van der Waals surface area (Å²) >= 11 is 1.14. The molecule has 0 saturated carbocycles. The molecule has 2 aromatic rings. The van der Waals surface area contributed by atoms with Gasteiger partial charge in [0, 0.05) is 11.2 Å². The van der Waals surface area contributed by atoms with Crippen LogP contribution in [0.5, 0.6) is 0 Å². The van der Waals surface area contributed by atoms with Crippen molar-refractivity contribution in [3.63, 3.8) is 0 Å². The van der Waals surface area contributed by atoms with Gasteiger partial charge in [0.15, 0.2) is 15.7 Å². The number of aryl methyl sites for hydroxylation is 1. The van der Waals surface area contributed by atoms with Crippen molar-refractivity contribution in [2.24, 2.45) is 0 Å². The molecule has 0 amide bonds. The lowest BCUT2D eigenvalue weighted by atomic mass is 10.3. The first kappa shape index (κ1) is 14.9. The van der Waals surface area contributed by atoms with Gasteiger partial charge in [-0.25, -0.2) is 22.8 Å². The van der Waals surface area contributed by atoms with Gasteiger partial charge in [-0.15, -0.1) is 0 Å². The summed E-state index contributed by atoms with van der Waals surface area (Å²) in [5.74, 6) is -0.424. The minimum absolute atomic E-state index is 0.235. The standard InChI is InChI=1S/C13H13FN2O2S2/c1-3-11-12(14)13(16-8-15-11)19-9-4-6-10(7-5-9)20(2,17)18/h4-8H,3H2,1-2H3. The number of nitrogens with zero attached hydrogens (tertiary/aromatic N) is 2. The molecule has 1 aromatic carbocycles. The Bertz CT molecular complexity index is 716. The van der Waals surface area contributed by atoms with E-state index in [4.69, 9.17) is 0 Å². The third-order valence-corrected chi connectivity index (χ3v) is 4.75. The number of benzene rings is 1. The van der Waals surface area contributed by atoms with E-state index >= 15 is 0 Å². The molecule has 106 valence electrons. The summed E-state index contributed by atoms with van der Waals surface area (Å²) in [6.07, 6.45) is 2.97. The molecular formula is C13H13FN2O2S2. The van der Waals surface area contributed by atoms with Gasteiger partial charge in [-0.05, 0) is 30.7 Å². The molecule has 0 bridgehead atoms. The number of halogens is 1. The van der Waals surface area contributed by atoms with Crippen molar-refractivity contribution >= 4 is 21.6 Å². The number of hydrogen-bond donors (Lipinski definition) is 0. The van der Waals surface area contributed by atoms with Crippen molar-refractivity contribution in [1.29, 1.82) is 0 Å². The summed E-state index contributed by atoms with van der Waals surface area (Å²) in [6, 6.07) is 6.26. The van der Waals surface area contributed by atoms with Gasteiger partial charge < -0.3 is 0 Å². The predicted molar refractivity (Wildman–Crippen MR) is 75.0 cm³/mol. The zero-order valence-corrected chi connectivity index (χ0v) is 12.6. The molecule has 2 rings (SSSR count). The van der Waals surface area contributed by atoms with Crippen LogP contribution in [-0.4, -0.2) is 24.6 Å². The van der Waals surface area contributed by atoms with E-state index in [1.807, 2.05) is 6.92 Å². The number of sulfone groups is 1. The van der Waals surface area contributed by atoms with Crippen LogP contribution in [0.4, 0.5) is 4.39 Å². The van der Waals surface area contributed by atoms with Crippen molar-refractivity contribution in [2.75, 3.05) is 6.26 Å². The molecule has 0 saturated heterocycles. The summed E-state index contributed by atoms with van der Waals surface area (Å²) in [7, 11) is -3.22. The number of rotatable bonds is 4. The Hall–Kier alpha value is -1.47. The van der Waals surface area contributed by atoms with Crippen molar-refractivity contribution in [1.82, 2.24) is 9.97 Å². The molecule has 0 radical (unpaired) electrons. The second kappa shape index (κ2) is 5.88. The van der Waals surface area contributed by atoms with E-state index in [-0.39, 0.29) is 9.92 Å². The minimum atomic E-state index is -3.22. The molecule has 20 heavy (non-hydrogen) atoms. The van der Waals surface area contributed by atoms with Crippen molar-refractivity contribution < 1.29 is 12.8 Å². The molecule has 0 unspecified atom stereocenters. The van der Waals surface area contributed by atoms with Crippen LogP contribution in [0.3, 0.4) is 0 Å². The van der Waals surface area contributed by atoms with Crippen LogP contribution in [0.25, 0.3) is 0 Å². The number of aromatic nitrogens is 2. The van der Waals surface area contributed by atoms with Crippen LogP contribution < -0.4 is 0 Å². The highest BCUT2D eigenvalue weighted by atomic mass is 32.2. The average Bonchev–Trinajstić information content (AvgIpc) is 2.41. The van der Waals surface area contributed by atoms with Gasteiger partial charge in [0.1, 0.15) is 11.4 Å². The molecule has 1 aromatic heterocycles. The molecular weight excluding hydrogens is 299 g/mol. The normalized spacial score (nSPS) is 11.6. The maximum absolute atomic E-state index is 14.0. The van der Waals surface area contributed by atoms with E-state index in [9.17, 15) is 12.8 Å². The summed E-state index contributed by atoms with van der Waals surface area (Å²) in [6.45, 7) is 1.82. The Morgan fingerprint density at radius 1 is 1.20 bits per heavy atom. The van der Waals surface area contributed by atoms with Crippen LogP contribution in [0.1, 0.15) is 12.6 Å². The SMILES string of the molecule is CCc1ncnc(Sc2ccc(S(C)(=O)=O)cc2)c1F. The van der Waals surface area contributed by atoms with Crippen molar-refractivity contribution in [2.45, 2.75) is 28.2 Å². The summed E-state index contributed by atoms with van der Waals surface area (Å²) < 4.78 is 36.7. The lowest BCUT2D eigenvalue weighted by Crippen LogP contribution is -1.98. The monoisotopic (exact) mass is 312 g/mol. The minimum Gasteiger partial charge on any atom is -0.238 e. The first-order valence-corrected chi connectivity index (χ1v) is 8.60. The van der Waals surface area contributed by atoms with Crippen LogP contribution in [0, 0.1) is 5.82 Å². The molecule has 0 aliphatic heterocycles. The third kappa shape index (κ3) is 3.34. The van der Waals surface area contributed by atoms with Gasteiger partial charge in [-0.2, -0.15) is 0 Å². The second-order valence-electron chi connectivity index (χ2n) is 4.14. The maximum atomic E-state index is 14.0. The van der Waals surface area contributed by atoms with Crippen LogP contribution in [-0.2, 0) is 16.3 Å². The van der Waals surface area contributed by atoms with Gasteiger partial charge in [0.2, 0.25) is 0 Å². The molecule has 0 aliphatic rings. The van der Waals surface area contributed by atoms with Crippen molar-refractivity contribution in [3.8, 4) is 0 Å². The smallest absolute Gasteiger partial charge is 0.177 e. The van der Waals surface area contributed by atoms with Crippen LogP contribution in [0.2, 0.25) is 0 Å². The van der Waals surface area contributed by atoms with E-state index in [0.717, 1.165) is 22.9 Å². The summed E-state index contributed by atoms with van der Waals surface area (Å²) in [5.41, 5.74) is 0.371. The first-order valence-electron chi connectivity index (χ1n) is 5.89. The van der Waals surface area contributed by atoms with Gasteiger partial charge in [-0.1, -0.05) is 18.7 Å². The van der Waals surface area contributed by atoms with E-state index in [0.29, 0.717) is 12.1 Å². The lowest BCUT2D eigenvalue weighted by molar-refractivity contribution is 0.559. The Balaban J connectivity index is 2.27. The molecule has 0 aliphatic carbocycles. The van der Waals surface area contributed by atoms with E-state index in [1.54, 1.807) is 12.1 Å². The fourth-order valence-corrected chi connectivity index (χ4v) is 3.01. The molecule has 0 N–H and O–H groups in total. The predicted octanol–water partition coefficient (Wildman–Crippen LogP) is 2.73. The molecule has 0 atom stereocenters. The van der Waals surface area contributed by atoms with E-state index < -0.39 is 15.7 Å². The summed E-state index contributed by atoms with van der Waals surface area (Å²) in [5, 5.41) is 0.240. The van der Waals surface area contributed by atoms with Gasteiger partial charge in [-0.3, -0.25) is 0 Å². The van der Waals surface area contributed by atoms with Gasteiger partial charge >= 0.3 is 0 Å². The highest BCUT2D eigenvalue weighted by molar-refractivity contribution is 7.99. The Morgan fingerprint density at radius 2 is 1.85 bits per heavy atom.